The van der Waals surface area contributed by atoms with E-state index in [0.29, 0.717) is 21.4 Å². The molecule has 1 N–H and O–H groups in total. The van der Waals surface area contributed by atoms with Crippen LogP contribution in [0.4, 0.5) is 5.82 Å². The number of piperidine rings is 1. The van der Waals surface area contributed by atoms with E-state index in [1.165, 1.54) is 0 Å². The van der Waals surface area contributed by atoms with Crippen LogP contribution in [0.15, 0.2) is 36.9 Å². The number of hydrogen-bond donors (Lipinski definition) is 1. The van der Waals surface area contributed by atoms with E-state index < -0.39 is 12.0 Å². The van der Waals surface area contributed by atoms with Crippen LogP contribution in [0.25, 0.3) is 16.6 Å². The molecule has 6 nitrogen and oxygen atoms in total. The van der Waals surface area contributed by atoms with Gasteiger partial charge < -0.3 is 14.6 Å². The zero-order valence-electron chi connectivity index (χ0n) is 14.2. The zero-order valence-corrected chi connectivity index (χ0v) is 15.7. The van der Waals surface area contributed by atoms with Gasteiger partial charge in [-0.3, -0.25) is 0 Å². The summed E-state index contributed by atoms with van der Waals surface area (Å²) in [5.74, 6) is -0.0167. The fourth-order valence-corrected chi connectivity index (χ4v) is 4.95. The Balaban J connectivity index is 1.76. The standard InChI is InChI=1S/C19H16Cl2N4O2/c20-13-4-3-12-14(24-6-5-22-9-24)8-15(23-17(12)16(13)21)25-11-2-1-10(7-11)18(25)19(26)27/h3-6,8-11,18H,1-2,7H2,(H,26,27)/t10-,11+,18-/m0/s1. The van der Waals surface area contributed by atoms with Crippen molar-refractivity contribution in [2.75, 3.05) is 4.90 Å². The average molecular weight is 403 g/mol. The molecule has 5 rings (SSSR count). The molecule has 1 saturated carbocycles. The lowest BCUT2D eigenvalue weighted by Gasteiger charge is -2.34. The van der Waals surface area contributed by atoms with Gasteiger partial charge in [0.05, 0.1) is 27.6 Å². The summed E-state index contributed by atoms with van der Waals surface area (Å²) in [7, 11) is 0. The van der Waals surface area contributed by atoms with Gasteiger partial charge >= 0.3 is 5.97 Å². The summed E-state index contributed by atoms with van der Waals surface area (Å²) >= 11 is 12.7. The average Bonchev–Trinajstić information content (AvgIpc) is 3.40. The number of pyridine rings is 1. The van der Waals surface area contributed by atoms with E-state index >= 15 is 0 Å². The summed E-state index contributed by atoms with van der Waals surface area (Å²) in [6.07, 6.45) is 8.06. The van der Waals surface area contributed by atoms with Gasteiger partial charge in [0.2, 0.25) is 0 Å². The van der Waals surface area contributed by atoms with Crippen molar-refractivity contribution in [1.29, 1.82) is 0 Å². The SMILES string of the molecule is O=C(O)[C@@H]1[C@H]2CC[C@H](C2)N1c1cc(-n2ccnc2)c2ccc(Cl)c(Cl)c2n1. The summed E-state index contributed by atoms with van der Waals surface area (Å²) < 4.78 is 1.88. The Morgan fingerprint density at radius 1 is 1.26 bits per heavy atom. The maximum atomic E-state index is 11.9. The second-order valence-electron chi connectivity index (χ2n) is 7.14. The van der Waals surface area contributed by atoms with E-state index in [9.17, 15) is 9.90 Å². The summed E-state index contributed by atoms with van der Waals surface area (Å²) in [4.78, 5) is 22.8. The van der Waals surface area contributed by atoms with Crippen LogP contribution in [0.2, 0.25) is 10.0 Å². The van der Waals surface area contributed by atoms with Gasteiger partial charge in [-0.15, -0.1) is 0 Å². The Morgan fingerprint density at radius 2 is 2.11 bits per heavy atom. The number of carboxylic acids is 1. The van der Waals surface area contributed by atoms with Gasteiger partial charge in [-0.1, -0.05) is 23.2 Å². The van der Waals surface area contributed by atoms with Crippen molar-refractivity contribution in [3.63, 3.8) is 0 Å². The van der Waals surface area contributed by atoms with Gasteiger partial charge in [-0.05, 0) is 37.3 Å². The molecule has 2 fully saturated rings. The van der Waals surface area contributed by atoms with Gasteiger partial charge in [0.25, 0.3) is 0 Å². The number of rotatable bonds is 3. The normalized spacial score (nSPS) is 24.1. The lowest BCUT2D eigenvalue weighted by atomic mass is 9.98. The molecule has 27 heavy (non-hydrogen) atoms. The number of fused-ring (bicyclic) bond motifs is 3. The maximum absolute atomic E-state index is 11.9. The third kappa shape index (κ3) is 2.51. The van der Waals surface area contributed by atoms with Crippen molar-refractivity contribution in [2.24, 2.45) is 5.92 Å². The fourth-order valence-electron chi connectivity index (χ4n) is 4.59. The second-order valence-corrected chi connectivity index (χ2v) is 7.93. The third-order valence-corrected chi connectivity index (χ3v) is 6.52. The molecule has 138 valence electrons. The topological polar surface area (TPSA) is 71.2 Å². The van der Waals surface area contributed by atoms with Gasteiger partial charge in [0.1, 0.15) is 11.9 Å². The van der Waals surface area contributed by atoms with Crippen LogP contribution in [-0.2, 0) is 4.79 Å². The van der Waals surface area contributed by atoms with Crippen molar-refractivity contribution < 1.29 is 9.90 Å². The fraction of sp³-hybridized carbons (Fsp3) is 0.316. The van der Waals surface area contributed by atoms with E-state index in [-0.39, 0.29) is 12.0 Å². The molecule has 2 aliphatic rings. The minimum absolute atomic E-state index is 0.163. The van der Waals surface area contributed by atoms with E-state index in [1.54, 1.807) is 18.6 Å². The Hall–Kier alpha value is -2.31. The molecule has 0 amide bonds. The molecule has 3 atom stereocenters. The van der Waals surface area contributed by atoms with Crippen molar-refractivity contribution in [3.05, 3.63) is 47.0 Å². The number of imidazole rings is 1. The van der Waals surface area contributed by atoms with Crippen molar-refractivity contribution in [1.82, 2.24) is 14.5 Å². The summed E-state index contributed by atoms with van der Waals surface area (Å²) in [6.45, 7) is 0. The van der Waals surface area contributed by atoms with E-state index in [2.05, 4.69) is 4.98 Å². The molecule has 1 aromatic carbocycles. The van der Waals surface area contributed by atoms with Crippen LogP contribution in [0.1, 0.15) is 19.3 Å². The number of carboxylic acid groups (broad SMARTS) is 1. The first kappa shape index (κ1) is 16.8. The minimum Gasteiger partial charge on any atom is -0.480 e. The van der Waals surface area contributed by atoms with Crippen molar-refractivity contribution in [3.8, 4) is 5.69 Å². The number of benzene rings is 1. The smallest absolute Gasteiger partial charge is 0.326 e. The highest BCUT2D eigenvalue weighted by molar-refractivity contribution is 6.45. The monoisotopic (exact) mass is 402 g/mol. The van der Waals surface area contributed by atoms with Gasteiger partial charge in [-0.25, -0.2) is 14.8 Å². The highest BCUT2D eigenvalue weighted by atomic mass is 35.5. The number of aliphatic carboxylic acids is 1. The van der Waals surface area contributed by atoms with Gasteiger partial charge in [0, 0.05) is 29.9 Å². The quantitative estimate of drug-likeness (QED) is 0.711. The highest BCUT2D eigenvalue weighted by Crippen LogP contribution is 2.45. The Labute approximate surface area is 165 Å². The molecular formula is C19H16Cl2N4O2. The largest absolute Gasteiger partial charge is 0.480 e. The van der Waals surface area contributed by atoms with Crippen molar-refractivity contribution in [2.45, 2.75) is 31.3 Å². The predicted molar refractivity (Wildman–Crippen MR) is 104 cm³/mol. The predicted octanol–water partition coefficient (Wildman–Crippen LogP) is 4.17. The summed E-state index contributed by atoms with van der Waals surface area (Å²) in [5, 5.41) is 11.4. The van der Waals surface area contributed by atoms with Gasteiger partial charge in [0.15, 0.2) is 0 Å². The number of halogens is 2. The van der Waals surface area contributed by atoms with Crippen LogP contribution in [0.5, 0.6) is 0 Å². The van der Waals surface area contributed by atoms with E-state index in [4.69, 9.17) is 28.2 Å². The molecule has 1 aliphatic carbocycles. The molecule has 8 heteroatoms. The van der Waals surface area contributed by atoms with E-state index in [0.717, 1.165) is 30.3 Å². The third-order valence-electron chi connectivity index (χ3n) is 5.72. The number of aromatic nitrogens is 3. The maximum Gasteiger partial charge on any atom is 0.326 e. The lowest BCUT2D eigenvalue weighted by Crippen LogP contribution is -2.46. The molecule has 2 aromatic heterocycles. The number of anilines is 1. The minimum atomic E-state index is -0.800. The lowest BCUT2D eigenvalue weighted by molar-refractivity contribution is -0.139. The number of carbonyl (C=O) groups is 1. The molecule has 1 aliphatic heterocycles. The van der Waals surface area contributed by atoms with Gasteiger partial charge in [-0.2, -0.15) is 0 Å². The molecule has 3 heterocycles. The molecule has 1 saturated heterocycles. The molecule has 0 spiro atoms. The van der Waals surface area contributed by atoms with E-state index in [1.807, 2.05) is 27.8 Å². The molecular weight excluding hydrogens is 387 g/mol. The van der Waals surface area contributed by atoms with Crippen LogP contribution in [0.3, 0.4) is 0 Å². The van der Waals surface area contributed by atoms with Crippen LogP contribution in [0, 0.1) is 5.92 Å². The van der Waals surface area contributed by atoms with Crippen LogP contribution < -0.4 is 4.90 Å². The molecule has 2 bridgehead atoms. The Kier molecular flexibility index (Phi) is 3.81. The van der Waals surface area contributed by atoms with Crippen molar-refractivity contribution >= 4 is 45.9 Å². The first-order chi connectivity index (χ1) is 13.0. The van der Waals surface area contributed by atoms with Crippen LogP contribution in [-0.4, -0.2) is 37.7 Å². The Bertz CT molecular complexity index is 1050. The highest BCUT2D eigenvalue weighted by Gasteiger charge is 2.50. The first-order valence-corrected chi connectivity index (χ1v) is 9.58. The number of nitrogens with zero attached hydrogens (tertiary/aromatic N) is 4. The first-order valence-electron chi connectivity index (χ1n) is 8.83. The molecule has 0 unspecified atom stereocenters. The second kappa shape index (κ2) is 6.11. The van der Waals surface area contributed by atoms with Crippen LogP contribution >= 0.6 is 23.2 Å². The Morgan fingerprint density at radius 3 is 2.85 bits per heavy atom. The zero-order chi connectivity index (χ0) is 18.7. The molecule has 3 aromatic rings. The summed E-state index contributed by atoms with van der Waals surface area (Å²) in [5.41, 5.74) is 1.41. The molecule has 0 radical (unpaired) electrons. The number of hydrogen-bond acceptors (Lipinski definition) is 4. The summed E-state index contributed by atoms with van der Waals surface area (Å²) in [6, 6.07) is 5.17.